The van der Waals surface area contributed by atoms with Crippen molar-refractivity contribution in [2.75, 3.05) is 12.4 Å². The molecule has 0 aliphatic carbocycles. The second kappa shape index (κ2) is 7.04. The van der Waals surface area contributed by atoms with Gasteiger partial charge < -0.3 is 10.1 Å². The molecule has 1 N–H and O–H groups in total. The van der Waals surface area contributed by atoms with Crippen LogP contribution in [0.5, 0.6) is 5.75 Å². The number of amides is 1. The number of hydrogen-bond acceptors (Lipinski definition) is 3. The quantitative estimate of drug-likeness (QED) is 0.757. The monoisotopic (exact) mass is 350 g/mol. The summed E-state index contributed by atoms with van der Waals surface area (Å²) in [4.78, 5) is 25.0. The van der Waals surface area contributed by atoms with Crippen LogP contribution < -0.4 is 10.1 Å². The van der Waals surface area contributed by atoms with E-state index in [1.165, 1.54) is 11.5 Å². The summed E-state index contributed by atoms with van der Waals surface area (Å²) in [5, 5.41) is 3.71. The van der Waals surface area contributed by atoms with Gasteiger partial charge in [-0.05, 0) is 42.7 Å². The maximum atomic E-state index is 13.0. The first-order chi connectivity index (χ1) is 12.5. The summed E-state index contributed by atoms with van der Waals surface area (Å²) < 4.78 is 6.76. The second-order valence-electron chi connectivity index (χ2n) is 6.23. The Bertz CT molecular complexity index is 1000. The van der Waals surface area contributed by atoms with E-state index in [-0.39, 0.29) is 11.8 Å². The molecule has 134 valence electrons. The maximum Gasteiger partial charge on any atom is 0.257 e. The largest absolute Gasteiger partial charge is 0.497 e. The summed E-state index contributed by atoms with van der Waals surface area (Å²) in [5.74, 6) is 0.245. The average Bonchev–Trinajstić information content (AvgIpc) is 3.02. The lowest BCUT2D eigenvalue weighted by Crippen LogP contribution is -2.14. The van der Waals surface area contributed by atoms with Crippen LogP contribution in [0, 0.1) is 6.92 Å². The maximum absolute atomic E-state index is 13.0. The number of methoxy groups -OCH3 is 1. The number of rotatable bonds is 4. The van der Waals surface area contributed by atoms with Gasteiger partial charge in [0.1, 0.15) is 5.75 Å². The molecule has 0 spiro atoms. The molecule has 1 amide bonds. The normalized spacial score (nSPS) is 10.8. The number of carbonyl (C=O) groups is 2. The molecule has 0 radical (unpaired) electrons. The first-order valence-corrected chi connectivity index (χ1v) is 8.56. The lowest BCUT2D eigenvalue weighted by molar-refractivity contribution is 0.0941. The van der Waals surface area contributed by atoms with E-state index in [9.17, 15) is 9.59 Å². The lowest BCUT2D eigenvalue weighted by Gasteiger charge is -2.12. The molecular formula is C21H22N2O3. The smallest absolute Gasteiger partial charge is 0.257 e. The molecular weight excluding hydrogens is 328 g/mol. The molecule has 3 rings (SSSR count). The minimum atomic E-state index is -0.243. The zero-order valence-electron chi connectivity index (χ0n) is 15.4. The van der Waals surface area contributed by atoms with Crippen molar-refractivity contribution in [2.24, 2.45) is 0 Å². The fourth-order valence-electron chi connectivity index (χ4n) is 3.16. The van der Waals surface area contributed by atoms with Crippen molar-refractivity contribution in [1.29, 1.82) is 0 Å². The van der Waals surface area contributed by atoms with Crippen molar-refractivity contribution in [3.8, 4) is 5.75 Å². The van der Waals surface area contributed by atoms with Gasteiger partial charge in [-0.3, -0.25) is 14.2 Å². The van der Waals surface area contributed by atoms with Crippen LogP contribution in [0.2, 0.25) is 0 Å². The van der Waals surface area contributed by atoms with Crippen LogP contribution in [0.15, 0.2) is 42.6 Å². The van der Waals surface area contributed by atoms with Crippen LogP contribution in [0.3, 0.4) is 0 Å². The summed E-state index contributed by atoms with van der Waals surface area (Å²) in [5.41, 5.74) is 4.03. The Morgan fingerprint density at radius 3 is 2.62 bits per heavy atom. The third-order valence-corrected chi connectivity index (χ3v) is 4.57. The zero-order valence-corrected chi connectivity index (χ0v) is 15.4. The van der Waals surface area contributed by atoms with E-state index in [0.29, 0.717) is 22.2 Å². The van der Waals surface area contributed by atoms with E-state index in [1.54, 1.807) is 31.5 Å². The van der Waals surface area contributed by atoms with Gasteiger partial charge in [0.15, 0.2) is 0 Å². The standard InChI is InChI=1S/C21H22N2O3/c1-5-15-8-6-7-13(2)20(15)22-21(25)18-12-23(14(3)24)19-10-9-16(26-4)11-17(18)19/h6-12H,5H2,1-4H3,(H,22,25). The van der Waals surface area contributed by atoms with Crippen molar-refractivity contribution in [2.45, 2.75) is 27.2 Å². The molecule has 5 nitrogen and oxygen atoms in total. The van der Waals surface area contributed by atoms with Crippen molar-refractivity contribution in [3.63, 3.8) is 0 Å². The van der Waals surface area contributed by atoms with Crippen molar-refractivity contribution in [3.05, 3.63) is 59.3 Å². The second-order valence-corrected chi connectivity index (χ2v) is 6.23. The third-order valence-electron chi connectivity index (χ3n) is 4.57. The predicted molar refractivity (Wildman–Crippen MR) is 103 cm³/mol. The highest BCUT2D eigenvalue weighted by atomic mass is 16.5. The fraction of sp³-hybridized carbons (Fsp3) is 0.238. The molecule has 26 heavy (non-hydrogen) atoms. The van der Waals surface area contributed by atoms with Crippen LogP contribution in [0.4, 0.5) is 5.69 Å². The highest BCUT2D eigenvalue weighted by Gasteiger charge is 2.19. The number of nitrogens with zero attached hydrogens (tertiary/aromatic N) is 1. The molecule has 3 aromatic rings. The number of aromatic nitrogens is 1. The van der Waals surface area contributed by atoms with E-state index in [1.807, 2.05) is 25.1 Å². The molecule has 2 aromatic carbocycles. The number of ether oxygens (including phenoxy) is 1. The van der Waals surface area contributed by atoms with Gasteiger partial charge in [0.2, 0.25) is 5.91 Å². The van der Waals surface area contributed by atoms with Crippen LogP contribution in [0.25, 0.3) is 10.9 Å². The number of anilines is 1. The zero-order chi connectivity index (χ0) is 18.8. The molecule has 1 aromatic heterocycles. The Labute approximate surface area is 152 Å². The SMILES string of the molecule is CCc1cccc(C)c1NC(=O)c1cn(C(C)=O)c2ccc(OC)cc12. The lowest BCUT2D eigenvalue weighted by atomic mass is 10.1. The molecule has 0 atom stereocenters. The Balaban J connectivity index is 2.10. The van der Waals surface area contributed by atoms with Gasteiger partial charge in [-0.2, -0.15) is 0 Å². The molecule has 0 aliphatic heterocycles. The number of benzene rings is 2. The van der Waals surface area contributed by atoms with Gasteiger partial charge in [0.25, 0.3) is 5.91 Å². The van der Waals surface area contributed by atoms with E-state index < -0.39 is 0 Å². The minimum absolute atomic E-state index is 0.149. The number of aryl methyl sites for hydroxylation is 2. The number of carbonyl (C=O) groups excluding carboxylic acids is 2. The van der Waals surface area contributed by atoms with Crippen molar-refractivity contribution < 1.29 is 14.3 Å². The molecule has 1 heterocycles. The molecule has 0 bridgehead atoms. The Morgan fingerprint density at radius 1 is 1.19 bits per heavy atom. The topological polar surface area (TPSA) is 60.3 Å². The molecule has 0 aliphatic rings. The fourth-order valence-corrected chi connectivity index (χ4v) is 3.16. The summed E-state index contributed by atoms with van der Waals surface area (Å²) in [6.45, 7) is 5.50. The molecule has 0 saturated heterocycles. The number of nitrogens with one attached hydrogen (secondary N) is 1. The number of para-hydroxylation sites is 1. The van der Waals surface area contributed by atoms with Gasteiger partial charge in [-0.1, -0.05) is 25.1 Å². The van der Waals surface area contributed by atoms with Crippen LogP contribution in [-0.4, -0.2) is 23.5 Å². The third kappa shape index (κ3) is 3.08. The van der Waals surface area contributed by atoms with E-state index >= 15 is 0 Å². The van der Waals surface area contributed by atoms with E-state index in [0.717, 1.165) is 23.2 Å². The molecule has 0 unspecified atom stereocenters. The van der Waals surface area contributed by atoms with Crippen molar-refractivity contribution >= 4 is 28.4 Å². The van der Waals surface area contributed by atoms with Gasteiger partial charge in [-0.25, -0.2) is 0 Å². The highest BCUT2D eigenvalue weighted by molar-refractivity contribution is 6.15. The predicted octanol–water partition coefficient (Wildman–Crippen LogP) is 4.43. The summed E-state index contributed by atoms with van der Waals surface area (Å²) in [7, 11) is 1.57. The minimum Gasteiger partial charge on any atom is -0.497 e. The first-order valence-electron chi connectivity index (χ1n) is 8.56. The Hall–Kier alpha value is -3.08. The van der Waals surface area contributed by atoms with Gasteiger partial charge in [0.05, 0.1) is 18.2 Å². The van der Waals surface area contributed by atoms with Gasteiger partial charge in [0, 0.05) is 24.2 Å². The van der Waals surface area contributed by atoms with Gasteiger partial charge >= 0.3 is 0 Å². The van der Waals surface area contributed by atoms with Crippen LogP contribution >= 0.6 is 0 Å². The van der Waals surface area contributed by atoms with Crippen LogP contribution in [0.1, 0.15) is 40.1 Å². The summed E-state index contributed by atoms with van der Waals surface area (Å²) in [6, 6.07) is 11.3. The number of hydrogen-bond donors (Lipinski definition) is 1. The molecule has 5 heteroatoms. The van der Waals surface area contributed by atoms with E-state index in [4.69, 9.17) is 4.74 Å². The molecule has 0 fully saturated rings. The van der Waals surface area contributed by atoms with Crippen molar-refractivity contribution in [1.82, 2.24) is 4.57 Å². The van der Waals surface area contributed by atoms with E-state index in [2.05, 4.69) is 12.2 Å². The first kappa shape index (κ1) is 17.7. The summed E-state index contributed by atoms with van der Waals surface area (Å²) >= 11 is 0. The Kier molecular flexibility index (Phi) is 4.80. The molecule has 0 saturated carbocycles. The number of fused-ring (bicyclic) bond motifs is 1. The summed E-state index contributed by atoms with van der Waals surface area (Å²) in [6.07, 6.45) is 2.41. The average molecular weight is 350 g/mol. The van der Waals surface area contributed by atoms with Gasteiger partial charge in [-0.15, -0.1) is 0 Å². The Morgan fingerprint density at radius 2 is 1.96 bits per heavy atom. The van der Waals surface area contributed by atoms with Crippen LogP contribution in [-0.2, 0) is 6.42 Å². The highest BCUT2D eigenvalue weighted by Crippen LogP contribution is 2.28.